The van der Waals surface area contributed by atoms with E-state index in [1.54, 1.807) is 11.3 Å². The molecule has 3 fully saturated rings. The molecule has 6 nitrogen and oxygen atoms in total. The number of likely N-dealkylation sites (tertiary alicyclic amines) is 2. The second kappa shape index (κ2) is 9.41. The first-order valence-electron chi connectivity index (χ1n) is 11.3. The van der Waals surface area contributed by atoms with E-state index in [1.165, 1.54) is 5.69 Å². The highest BCUT2D eigenvalue weighted by Crippen LogP contribution is 2.27. The number of hydrogen-bond donors (Lipinski definition) is 0. The van der Waals surface area contributed by atoms with Crippen molar-refractivity contribution < 1.29 is 9.53 Å². The maximum absolute atomic E-state index is 13.3. The Bertz CT molecular complexity index is 678. The lowest BCUT2D eigenvalue weighted by Crippen LogP contribution is -2.52. The van der Waals surface area contributed by atoms with Crippen molar-refractivity contribution in [1.82, 2.24) is 19.7 Å². The van der Waals surface area contributed by atoms with Gasteiger partial charge < -0.3 is 9.64 Å². The normalized spacial score (nSPS) is 30.2. The highest BCUT2D eigenvalue weighted by atomic mass is 32.1. The van der Waals surface area contributed by atoms with Crippen molar-refractivity contribution in [2.45, 2.75) is 71.2 Å². The summed E-state index contributed by atoms with van der Waals surface area (Å²) in [5.41, 5.74) is 1.17. The minimum atomic E-state index is 0.201. The fraction of sp³-hybridized carbons (Fsp3) is 0.818. The van der Waals surface area contributed by atoms with E-state index in [9.17, 15) is 4.79 Å². The number of nitrogens with zero attached hydrogens (tertiary/aromatic N) is 4. The minimum absolute atomic E-state index is 0.201. The first-order chi connectivity index (χ1) is 14.0. The predicted molar refractivity (Wildman–Crippen MR) is 116 cm³/mol. The van der Waals surface area contributed by atoms with Crippen LogP contribution in [0.2, 0.25) is 0 Å². The van der Waals surface area contributed by atoms with Crippen LogP contribution in [0.5, 0.6) is 0 Å². The fourth-order valence-electron chi connectivity index (χ4n) is 5.33. The fourth-order valence-corrected chi connectivity index (χ4v) is 5.93. The third-order valence-corrected chi connectivity index (χ3v) is 7.44. The molecule has 0 radical (unpaired) electrons. The number of hydrogen-bond acceptors (Lipinski definition) is 6. The number of aromatic nitrogens is 1. The van der Waals surface area contributed by atoms with Gasteiger partial charge in [-0.1, -0.05) is 0 Å². The number of carbonyl (C=O) groups excluding carboxylic acids is 1. The molecule has 0 bridgehead atoms. The van der Waals surface area contributed by atoms with Gasteiger partial charge >= 0.3 is 0 Å². The summed E-state index contributed by atoms with van der Waals surface area (Å²) < 4.78 is 5.87. The van der Waals surface area contributed by atoms with E-state index in [4.69, 9.17) is 4.74 Å². The summed E-state index contributed by atoms with van der Waals surface area (Å²) in [6.45, 7) is 13.2. The molecule has 0 N–H and O–H groups in total. The molecule has 1 amide bonds. The Hall–Kier alpha value is -1.02. The van der Waals surface area contributed by atoms with Crippen LogP contribution in [-0.2, 0) is 16.1 Å². The van der Waals surface area contributed by atoms with Crippen molar-refractivity contribution in [3.8, 4) is 0 Å². The van der Waals surface area contributed by atoms with E-state index in [1.807, 2.05) is 0 Å². The van der Waals surface area contributed by atoms with E-state index in [0.29, 0.717) is 11.9 Å². The molecule has 1 aromatic rings. The van der Waals surface area contributed by atoms with Gasteiger partial charge in [-0.15, -0.1) is 11.3 Å². The number of piperidine rings is 1. The maximum atomic E-state index is 13.3. The highest BCUT2D eigenvalue weighted by molar-refractivity contribution is 7.09. The Morgan fingerprint density at radius 3 is 2.52 bits per heavy atom. The number of morpholine rings is 1. The van der Waals surface area contributed by atoms with Crippen molar-refractivity contribution in [2.24, 2.45) is 5.92 Å². The van der Waals surface area contributed by atoms with Crippen molar-refractivity contribution in [1.29, 1.82) is 0 Å². The SMILES string of the molecule is Cc1nc(CN2CCC(C(=O)N3CCCC3CN3CC(C)OC(C)C3)CC2)cs1. The molecule has 3 aliphatic heterocycles. The molecular formula is C22H36N4O2S. The summed E-state index contributed by atoms with van der Waals surface area (Å²) >= 11 is 1.72. The number of amides is 1. The van der Waals surface area contributed by atoms with Crippen LogP contribution >= 0.6 is 11.3 Å². The average molecular weight is 421 g/mol. The molecule has 0 saturated carbocycles. The van der Waals surface area contributed by atoms with Gasteiger partial charge in [-0.25, -0.2) is 4.98 Å². The van der Waals surface area contributed by atoms with Gasteiger partial charge in [0, 0.05) is 50.1 Å². The Labute approximate surface area is 179 Å². The van der Waals surface area contributed by atoms with E-state index in [0.717, 1.165) is 76.5 Å². The van der Waals surface area contributed by atoms with Crippen LogP contribution < -0.4 is 0 Å². The van der Waals surface area contributed by atoms with Crippen molar-refractivity contribution in [2.75, 3.05) is 39.3 Å². The summed E-state index contributed by atoms with van der Waals surface area (Å²) in [6, 6.07) is 0.385. The highest BCUT2D eigenvalue weighted by Gasteiger charge is 2.36. The van der Waals surface area contributed by atoms with E-state index >= 15 is 0 Å². The smallest absolute Gasteiger partial charge is 0.226 e. The summed E-state index contributed by atoms with van der Waals surface area (Å²) in [5, 5.41) is 3.29. The molecule has 3 unspecified atom stereocenters. The lowest BCUT2D eigenvalue weighted by Gasteiger charge is -2.39. The van der Waals surface area contributed by atoms with Gasteiger partial charge in [-0.05, 0) is 59.5 Å². The minimum Gasteiger partial charge on any atom is -0.373 e. The largest absolute Gasteiger partial charge is 0.373 e. The van der Waals surface area contributed by atoms with Crippen molar-refractivity contribution >= 4 is 17.2 Å². The van der Waals surface area contributed by atoms with Gasteiger partial charge in [0.05, 0.1) is 22.9 Å². The van der Waals surface area contributed by atoms with Gasteiger partial charge in [0.15, 0.2) is 0 Å². The van der Waals surface area contributed by atoms with Crippen LogP contribution in [0.3, 0.4) is 0 Å². The van der Waals surface area contributed by atoms with E-state index in [-0.39, 0.29) is 18.1 Å². The monoisotopic (exact) mass is 420 g/mol. The first kappa shape index (κ1) is 21.2. The Kier molecular flexibility index (Phi) is 6.89. The zero-order valence-corrected chi connectivity index (χ0v) is 19.0. The molecular weight excluding hydrogens is 384 g/mol. The number of aryl methyl sites for hydroxylation is 1. The molecule has 162 valence electrons. The van der Waals surface area contributed by atoms with Gasteiger partial charge in [0.2, 0.25) is 5.91 Å². The summed E-state index contributed by atoms with van der Waals surface area (Å²) in [6.07, 6.45) is 4.83. The van der Waals surface area contributed by atoms with Crippen LogP contribution in [0, 0.1) is 12.8 Å². The summed E-state index contributed by atoms with van der Waals surface area (Å²) in [5.74, 6) is 0.609. The van der Waals surface area contributed by atoms with Gasteiger partial charge in [-0.2, -0.15) is 0 Å². The molecule has 0 aliphatic carbocycles. The first-order valence-corrected chi connectivity index (χ1v) is 12.2. The van der Waals surface area contributed by atoms with Gasteiger partial charge in [0.25, 0.3) is 0 Å². The average Bonchev–Trinajstić information content (AvgIpc) is 3.30. The lowest BCUT2D eigenvalue weighted by atomic mass is 9.94. The molecule has 0 spiro atoms. The molecule has 3 aliphatic rings. The van der Waals surface area contributed by atoms with E-state index < -0.39 is 0 Å². The molecule has 4 heterocycles. The zero-order chi connectivity index (χ0) is 20.4. The Balaban J connectivity index is 1.27. The lowest BCUT2D eigenvalue weighted by molar-refractivity contribution is -0.139. The molecule has 3 atom stereocenters. The Morgan fingerprint density at radius 1 is 1.14 bits per heavy atom. The van der Waals surface area contributed by atoms with E-state index in [2.05, 4.69) is 45.8 Å². The summed E-state index contributed by atoms with van der Waals surface area (Å²) in [4.78, 5) is 25.1. The Morgan fingerprint density at radius 2 is 1.86 bits per heavy atom. The van der Waals surface area contributed by atoms with Crippen molar-refractivity contribution in [3.63, 3.8) is 0 Å². The zero-order valence-electron chi connectivity index (χ0n) is 18.2. The molecule has 0 aromatic carbocycles. The molecule has 7 heteroatoms. The second-order valence-electron chi connectivity index (χ2n) is 9.21. The number of carbonyl (C=O) groups is 1. The van der Waals surface area contributed by atoms with Crippen LogP contribution in [-0.4, -0.2) is 83.1 Å². The summed E-state index contributed by atoms with van der Waals surface area (Å²) in [7, 11) is 0. The van der Waals surface area contributed by atoms with Crippen LogP contribution in [0.25, 0.3) is 0 Å². The molecule has 3 saturated heterocycles. The molecule has 1 aromatic heterocycles. The topological polar surface area (TPSA) is 48.9 Å². The predicted octanol–water partition coefficient (Wildman–Crippen LogP) is 2.76. The van der Waals surface area contributed by atoms with Crippen LogP contribution in [0.15, 0.2) is 5.38 Å². The maximum Gasteiger partial charge on any atom is 0.226 e. The van der Waals surface area contributed by atoms with Crippen molar-refractivity contribution in [3.05, 3.63) is 16.1 Å². The second-order valence-corrected chi connectivity index (χ2v) is 10.3. The number of rotatable bonds is 5. The number of ether oxygens (including phenoxy) is 1. The quantitative estimate of drug-likeness (QED) is 0.733. The van der Waals surface area contributed by atoms with Crippen LogP contribution in [0.4, 0.5) is 0 Å². The third kappa shape index (κ3) is 5.37. The van der Waals surface area contributed by atoms with Gasteiger partial charge in [-0.3, -0.25) is 14.6 Å². The standard InChI is InChI=1S/C22H36N4O2S/c1-16-11-25(12-17(2)28-16)14-21-5-4-8-26(21)22(27)19-6-9-24(10-7-19)13-20-15-29-18(3)23-20/h15-17,19,21H,4-14H2,1-3H3. The molecule has 4 rings (SSSR count). The van der Waals surface area contributed by atoms with Crippen LogP contribution in [0.1, 0.15) is 50.2 Å². The third-order valence-electron chi connectivity index (χ3n) is 6.61. The molecule has 29 heavy (non-hydrogen) atoms. The number of thiazole rings is 1. The van der Waals surface area contributed by atoms with Gasteiger partial charge in [0.1, 0.15) is 0 Å².